The maximum absolute atomic E-state index is 12.9. The van der Waals surface area contributed by atoms with E-state index in [2.05, 4.69) is 10.6 Å². The van der Waals surface area contributed by atoms with E-state index in [9.17, 15) is 14.0 Å². The third-order valence-electron chi connectivity index (χ3n) is 4.11. The summed E-state index contributed by atoms with van der Waals surface area (Å²) in [6, 6.07) is 12.7. The Bertz CT molecular complexity index is 782. The molecule has 0 bridgehead atoms. The largest absolute Gasteiger partial charge is 0.497 e. The van der Waals surface area contributed by atoms with Crippen molar-refractivity contribution in [1.82, 2.24) is 15.5 Å². The van der Waals surface area contributed by atoms with E-state index in [-0.39, 0.29) is 30.8 Å². The van der Waals surface area contributed by atoms with Crippen LogP contribution in [0.1, 0.15) is 12.5 Å². The van der Waals surface area contributed by atoms with Crippen molar-refractivity contribution in [3.63, 3.8) is 0 Å². The molecule has 0 heterocycles. The number of likely N-dealkylation sites (N-methyl/N-ethyl adjacent to an activating group) is 1. The van der Waals surface area contributed by atoms with Gasteiger partial charge in [-0.25, -0.2) is 9.18 Å². The van der Waals surface area contributed by atoms with Crippen molar-refractivity contribution >= 4 is 11.9 Å². The van der Waals surface area contributed by atoms with E-state index in [4.69, 9.17) is 9.47 Å². The van der Waals surface area contributed by atoms with Gasteiger partial charge < -0.3 is 25.0 Å². The lowest BCUT2D eigenvalue weighted by Crippen LogP contribution is -2.46. The van der Waals surface area contributed by atoms with Crippen molar-refractivity contribution in [2.45, 2.75) is 13.5 Å². The summed E-state index contributed by atoms with van der Waals surface area (Å²) in [5.41, 5.74) is 0.780. The molecule has 0 aliphatic carbocycles. The molecule has 2 aromatic carbocycles. The van der Waals surface area contributed by atoms with Crippen molar-refractivity contribution in [2.24, 2.45) is 0 Å². The lowest BCUT2D eigenvalue weighted by molar-refractivity contribution is -0.121. The van der Waals surface area contributed by atoms with Crippen LogP contribution in [-0.2, 0) is 11.3 Å². The standard InChI is InChI=1S/C21H26FN3O4/c1-3-25(15-20(26)24-14-16-4-6-17(22)7-5-16)21(27)23-12-13-29-19-10-8-18(28-2)9-11-19/h4-11H,3,12-15H2,1-2H3,(H,23,27)(H,24,26). The van der Waals surface area contributed by atoms with E-state index in [1.54, 1.807) is 50.4 Å². The Morgan fingerprint density at radius 1 is 1.00 bits per heavy atom. The number of nitrogens with one attached hydrogen (secondary N) is 2. The molecule has 0 aliphatic rings. The number of benzene rings is 2. The predicted octanol–water partition coefficient (Wildman–Crippen LogP) is 2.56. The summed E-state index contributed by atoms with van der Waals surface area (Å²) in [5, 5.41) is 5.45. The molecule has 0 aromatic heterocycles. The van der Waals surface area contributed by atoms with Gasteiger partial charge in [-0.3, -0.25) is 4.79 Å². The first-order valence-corrected chi connectivity index (χ1v) is 9.32. The zero-order valence-corrected chi connectivity index (χ0v) is 16.6. The van der Waals surface area contributed by atoms with E-state index < -0.39 is 0 Å². The first-order chi connectivity index (χ1) is 14.0. The molecule has 2 N–H and O–H groups in total. The highest BCUT2D eigenvalue weighted by atomic mass is 19.1. The monoisotopic (exact) mass is 403 g/mol. The molecule has 0 unspecified atom stereocenters. The van der Waals surface area contributed by atoms with Gasteiger partial charge >= 0.3 is 6.03 Å². The third kappa shape index (κ3) is 7.69. The molecule has 7 nitrogen and oxygen atoms in total. The summed E-state index contributed by atoms with van der Waals surface area (Å²) in [6.45, 7) is 2.98. The molecule has 2 rings (SSSR count). The Morgan fingerprint density at radius 2 is 1.66 bits per heavy atom. The van der Waals surface area contributed by atoms with Crippen LogP contribution in [-0.4, -0.2) is 50.2 Å². The highest BCUT2D eigenvalue weighted by molar-refractivity contribution is 5.84. The lowest BCUT2D eigenvalue weighted by atomic mass is 10.2. The molecule has 0 radical (unpaired) electrons. The summed E-state index contributed by atoms with van der Waals surface area (Å²) in [5.74, 6) is 0.792. The van der Waals surface area contributed by atoms with Crippen molar-refractivity contribution in [3.8, 4) is 11.5 Å². The number of nitrogens with zero attached hydrogens (tertiary/aromatic N) is 1. The van der Waals surface area contributed by atoms with E-state index >= 15 is 0 Å². The summed E-state index contributed by atoms with van der Waals surface area (Å²) >= 11 is 0. The van der Waals surface area contributed by atoms with Crippen LogP contribution in [0, 0.1) is 5.82 Å². The van der Waals surface area contributed by atoms with Crippen molar-refractivity contribution < 1.29 is 23.5 Å². The Labute approximate surface area is 169 Å². The lowest BCUT2D eigenvalue weighted by Gasteiger charge is -2.21. The molecule has 8 heteroatoms. The SMILES string of the molecule is CCN(CC(=O)NCc1ccc(F)cc1)C(=O)NCCOc1ccc(OC)cc1. The molecule has 156 valence electrons. The van der Waals surface area contributed by atoms with Gasteiger partial charge in [-0.05, 0) is 48.9 Å². The molecule has 0 fully saturated rings. The second kappa shape index (κ2) is 11.5. The number of hydrogen-bond donors (Lipinski definition) is 2. The van der Waals surface area contributed by atoms with Crippen LogP contribution in [0.25, 0.3) is 0 Å². The molecule has 0 atom stereocenters. The number of carbonyl (C=O) groups excluding carboxylic acids is 2. The summed E-state index contributed by atoms with van der Waals surface area (Å²) in [4.78, 5) is 25.7. The molecule has 0 spiro atoms. The highest BCUT2D eigenvalue weighted by Crippen LogP contribution is 2.16. The quantitative estimate of drug-likeness (QED) is 0.598. The van der Waals surface area contributed by atoms with Gasteiger partial charge in [0.15, 0.2) is 0 Å². The smallest absolute Gasteiger partial charge is 0.317 e. The van der Waals surface area contributed by atoms with E-state index in [1.807, 2.05) is 0 Å². The normalized spacial score (nSPS) is 10.2. The molecular weight excluding hydrogens is 377 g/mol. The Balaban J connectivity index is 1.68. The van der Waals surface area contributed by atoms with Crippen LogP contribution >= 0.6 is 0 Å². The second-order valence-corrected chi connectivity index (χ2v) is 6.17. The number of urea groups is 1. The van der Waals surface area contributed by atoms with Crippen LogP contribution in [0.4, 0.5) is 9.18 Å². The number of halogens is 1. The second-order valence-electron chi connectivity index (χ2n) is 6.17. The maximum atomic E-state index is 12.9. The van der Waals surface area contributed by atoms with Gasteiger partial charge in [-0.2, -0.15) is 0 Å². The first-order valence-electron chi connectivity index (χ1n) is 9.32. The van der Waals surface area contributed by atoms with Gasteiger partial charge in [-0.1, -0.05) is 12.1 Å². The van der Waals surface area contributed by atoms with E-state index in [0.29, 0.717) is 25.4 Å². The van der Waals surface area contributed by atoms with Crippen LogP contribution < -0.4 is 20.1 Å². The molecule has 29 heavy (non-hydrogen) atoms. The van der Waals surface area contributed by atoms with Crippen molar-refractivity contribution in [2.75, 3.05) is 33.4 Å². The predicted molar refractivity (Wildman–Crippen MR) is 107 cm³/mol. The first kappa shape index (κ1) is 22.0. The Morgan fingerprint density at radius 3 is 2.28 bits per heavy atom. The number of methoxy groups -OCH3 is 1. The average Bonchev–Trinajstić information content (AvgIpc) is 2.75. The number of ether oxygens (including phenoxy) is 2. The third-order valence-corrected chi connectivity index (χ3v) is 4.11. The number of hydrogen-bond acceptors (Lipinski definition) is 4. The van der Waals surface area contributed by atoms with Gasteiger partial charge in [0.2, 0.25) is 5.91 Å². The molecule has 2 aromatic rings. The number of carbonyl (C=O) groups is 2. The minimum Gasteiger partial charge on any atom is -0.497 e. The van der Waals surface area contributed by atoms with Gasteiger partial charge in [0, 0.05) is 13.1 Å². The van der Waals surface area contributed by atoms with Gasteiger partial charge in [0.1, 0.15) is 30.5 Å². The minimum atomic E-state index is -0.345. The number of amides is 3. The molecule has 3 amide bonds. The number of rotatable bonds is 10. The molecule has 0 saturated carbocycles. The van der Waals surface area contributed by atoms with Crippen molar-refractivity contribution in [3.05, 3.63) is 59.9 Å². The minimum absolute atomic E-state index is 0.0666. The Kier molecular flexibility index (Phi) is 8.75. The molecule has 0 aliphatic heterocycles. The fourth-order valence-electron chi connectivity index (χ4n) is 2.47. The van der Waals surface area contributed by atoms with Crippen LogP contribution in [0.3, 0.4) is 0 Å². The van der Waals surface area contributed by atoms with E-state index in [1.165, 1.54) is 17.0 Å². The van der Waals surface area contributed by atoms with Gasteiger partial charge in [0.25, 0.3) is 0 Å². The summed E-state index contributed by atoms with van der Waals surface area (Å²) in [7, 11) is 1.59. The van der Waals surface area contributed by atoms with E-state index in [0.717, 1.165) is 11.3 Å². The molecule has 0 saturated heterocycles. The fourth-order valence-corrected chi connectivity index (χ4v) is 2.47. The van der Waals surface area contributed by atoms with Crippen LogP contribution in [0.15, 0.2) is 48.5 Å². The van der Waals surface area contributed by atoms with Crippen LogP contribution in [0.5, 0.6) is 11.5 Å². The fraction of sp³-hybridized carbons (Fsp3) is 0.333. The van der Waals surface area contributed by atoms with Gasteiger partial charge in [0.05, 0.1) is 13.7 Å². The van der Waals surface area contributed by atoms with Crippen molar-refractivity contribution in [1.29, 1.82) is 0 Å². The molecular formula is C21H26FN3O4. The van der Waals surface area contributed by atoms with Gasteiger partial charge in [-0.15, -0.1) is 0 Å². The Hall–Kier alpha value is -3.29. The van der Waals surface area contributed by atoms with Crippen LogP contribution in [0.2, 0.25) is 0 Å². The topological polar surface area (TPSA) is 79.9 Å². The zero-order chi connectivity index (χ0) is 21.1. The average molecular weight is 403 g/mol. The zero-order valence-electron chi connectivity index (χ0n) is 16.6. The summed E-state index contributed by atoms with van der Waals surface area (Å²) < 4.78 is 23.5. The summed E-state index contributed by atoms with van der Waals surface area (Å²) in [6.07, 6.45) is 0. The maximum Gasteiger partial charge on any atom is 0.317 e. The highest BCUT2D eigenvalue weighted by Gasteiger charge is 2.15.